The van der Waals surface area contributed by atoms with Gasteiger partial charge in [0.25, 0.3) is 5.91 Å². The summed E-state index contributed by atoms with van der Waals surface area (Å²) in [5.41, 5.74) is 6.66. The van der Waals surface area contributed by atoms with Gasteiger partial charge < -0.3 is 10.4 Å². The largest absolute Gasteiger partial charge is 0.478 e. The van der Waals surface area contributed by atoms with E-state index in [4.69, 9.17) is 5.11 Å². The fourth-order valence-corrected chi connectivity index (χ4v) is 4.10. The van der Waals surface area contributed by atoms with Crippen molar-refractivity contribution in [3.63, 3.8) is 0 Å². The van der Waals surface area contributed by atoms with E-state index in [1.165, 1.54) is 11.6 Å². The second kappa shape index (κ2) is 7.88. The first kappa shape index (κ1) is 20.6. The molecule has 0 saturated heterocycles. The minimum absolute atomic E-state index is 0.00806. The van der Waals surface area contributed by atoms with Gasteiger partial charge >= 0.3 is 5.97 Å². The van der Waals surface area contributed by atoms with Crippen molar-refractivity contribution in [2.45, 2.75) is 32.6 Å². The number of hydrogen-bond donors (Lipinski definition) is 2. The van der Waals surface area contributed by atoms with E-state index < -0.39 is 5.97 Å². The van der Waals surface area contributed by atoms with Crippen LogP contribution in [0.5, 0.6) is 0 Å². The Balaban J connectivity index is 1.69. The maximum Gasteiger partial charge on any atom is 0.335 e. The number of carboxylic acids is 1. The molecule has 0 radical (unpaired) electrons. The van der Waals surface area contributed by atoms with Crippen LogP contribution in [0.15, 0.2) is 72.8 Å². The Morgan fingerprint density at radius 2 is 1.65 bits per heavy atom. The zero-order chi connectivity index (χ0) is 22.2. The lowest BCUT2D eigenvalue weighted by atomic mass is 9.72. The summed E-state index contributed by atoms with van der Waals surface area (Å²) in [6, 6.07) is 20.8. The molecule has 156 valence electrons. The molecule has 1 aliphatic carbocycles. The van der Waals surface area contributed by atoms with Gasteiger partial charge in [-0.05, 0) is 76.9 Å². The average Bonchev–Trinajstić information content (AvgIpc) is 2.75. The molecule has 4 nitrogen and oxygen atoms in total. The molecule has 3 aromatic rings. The van der Waals surface area contributed by atoms with E-state index in [0.717, 1.165) is 23.1 Å². The van der Waals surface area contributed by atoms with Crippen LogP contribution < -0.4 is 5.32 Å². The monoisotopic (exact) mass is 411 g/mol. The highest BCUT2D eigenvalue weighted by molar-refractivity contribution is 6.06. The molecule has 0 fully saturated rings. The van der Waals surface area contributed by atoms with E-state index in [0.29, 0.717) is 16.8 Å². The van der Waals surface area contributed by atoms with Crippen molar-refractivity contribution in [3.05, 3.63) is 106 Å². The Morgan fingerprint density at radius 3 is 2.32 bits per heavy atom. The Labute approximate surface area is 182 Å². The maximum absolute atomic E-state index is 13.0. The molecule has 4 rings (SSSR count). The molecular weight excluding hydrogens is 386 g/mol. The van der Waals surface area contributed by atoms with Crippen molar-refractivity contribution >= 4 is 23.1 Å². The topological polar surface area (TPSA) is 66.4 Å². The van der Waals surface area contributed by atoms with Gasteiger partial charge in [0.05, 0.1) is 5.56 Å². The first-order valence-corrected chi connectivity index (χ1v) is 10.3. The van der Waals surface area contributed by atoms with E-state index >= 15 is 0 Å². The number of amides is 1. The molecule has 3 aromatic carbocycles. The first-order chi connectivity index (χ1) is 14.8. The molecule has 31 heavy (non-hydrogen) atoms. The van der Waals surface area contributed by atoms with Crippen molar-refractivity contribution in [3.8, 4) is 0 Å². The van der Waals surface area contributed by atoms with Crippen molar-refractivity contribution in [2.75, 3.05) is 5.32 Å². The lowest BCUT2D eigenvalue weighted by Gasteiger charge is -2.32. The minimum Gasteiger partial charge on any atom is -0.478 e. The Hall–Kier alpha value is -3.66. The summed E-state index contributed by atoms with van der Waals surface area (Å²) in [5.74, 6) is -1.21. The number of carbonyl (C=O) groups is 2. The van der Waals surface area contributed by atoms with Crippen LogP contribution in [0, 0.1) is 6.92 Å². The third-order valence-electron chi connectivity index (χ3n) is 5.92. The summed E-state index contributed by atoms with van der Waals surface area (Å²) >= 11 is 0. The predicted octanol–water partition coefficient (Wildman–Crippen LogP) is 6.06. The highest BCUT2D eigenvalue weighted by Gasteiger charge is 2.29. The number of benzene rings is 3. The van der Waals surface area contributed by atoms with Crippen LogP contribution in [-0.4, -0.2) is 17.0 Å². The highest BCUT2D eigenvalue weighted by atomic mass is 16.4. The van der Waals surface area contributed by atoms with E-state index in [1.54, 1.807) is 19.1 Å². The van der Waals surface area contributed by atoms with Crippen LogP contribution in [0.1, 0.15) is 63.2 Å². The zero-order valence-corrected chi connectivity index (χ0v) is 17.9. The van der Waals surface area contributed by atoms with Crippen LogP contribution in [0.25, 0.3) is 5.57 Å². The standard InChI is InChI=1S/C27H25NO3/c1-17-15-20(26(30)31)10-12-24(17)28-25(29)19-9-11-23-22(16-19)21(13-14-27(23,2)3)18-7-5-4-6-8-18/h4-13,15-16H,14H2,1-3H3,(H,28,29)(H,30,31). The van der Waals surface area contributed by atoms with E-state index in [-0.39, 0.29) is 16.9 Å². The summed E-state index contributed by atoms with van der Waals surface area (Å²) in [6.07, 6.45) is 3.19. The molecule has 1 aliphatic rings. The van der Waals surface area contributed by atoms with Gasteiger partial charge in [-0.2, -0.15) is 0 Å². The SMILES string of the molecule is Cc1cc(C(=O)O)ccc1NC(=O)c1ccc2c(c1)C(c1ccccc1)=CCC2(C)C. The number of aromatic carboxylic acids is 1. The highest BCUT2D eigenvalue weighted by Crippen LogP contribution is 2.41. The van der Waals surface area contributed by atoms with Crippen molar-refractivity contribution in [2.24, 2.45) is 0 Å². The molecule has 2 N–H and O–H groups in total. The normalized spacial score (nSPS) is 14.4. The zero-order valence-electron chi connectivity index (χ0n) is 17.9. The third kappa shape index (κ3) is 4.02. The van der Waals surface area contributed by atoms with Crippen LogP contribution in [0.4, 0.5) is 5.69 Å². The number of nitrogens with one attached hydrogen (secondary N) is 1. The van der Waals surface area contributed by atoms with Crippen LogP contribution in [-0.2, 0) is 5.41 Å². The summed E-state index contributed by atoms with van der Waals surface area (Å²) in [5, 5.41) is 12.1. The van der Waals surface area contributed by atoms with Gasteiger partial charge in [-0.3, -0.25) is 4.79 Å². The number of aryl methyl sites for hydroxylation is 1. The van der Waals surface area contributed by atoms with Gasteiger partial charge in [-0.15, -0.1) is 0 Å². The number of fused-ring (bicyclic) bond motifs is 1. The average molecular weight is 412 g/mol. The predicted molar refractivity (Wildman–Crippen MR) is 124 cm³/mol. The van der Waals surface area contributed by atoms with Crippen molar-refractivity contribution in [1.82, 2.24) is 0 Å². The van der Waals surface area contributed by atoms with Gasteiger partial charge in [0, 0.05) is 11.3 Å². The van der Waals surface area contributed by atoms with Gasteiger partial charge in [0.15, 0.2) is 0 Å². The molecule has 0 unspecified atom stereocenters. The molecular formula is C27H25NO3. The third-order valence-corrected chi connectivity index (χ3v) is 5.92. The Kier molecular flexibility index (Phi) is 5.24. The second-order valence-corrected chi connectivity index (χ2v) is 8.62. The van der Waals surface area contributed by atoms with Crippen molar-refractivity contribution in [1.29, 1.82) is 0 Å². The maximum atomic E-state index is 13.0. The van der Waals surface area contributed by atoms with Gasteiger partial charge in [0.1, 0.15) is 0 Å². The van der Waals surface area contributed by atoms with Crippen LogP contribution in [0.2, 0.25) is 0 Å². The summed E-state index contributed by atoms with van der Waals surface area (Å²) < 4.78 is 0. The molecule has 4 heteroatoms. The molecule has 0 bridgehead atoms. The van der Waals surface area contributed by atoms with Crippen LogP contribution in [0.3, 0.4) is 0 Å². The number of rotatable bonds is 4. The van der Waals surface area contributed by atoms with Gasteiger partial charge in [-0.25, -0.2) is 4.79 Å². The molecule has 0 aliphatic heterocycles. The number of allylic oxidation sites excluding steroid dienone is 1. The fraction of sp³-hybridized carbons (Fsp3) is 0.185. The molecule has 0 atom stereocenters. The van der Waals surface area contributed by atoms with Crippen LogP contribution >= 0.6 is 0 Å². The number of carbonyl (C=O) groups excluding carboxylic acids is 1. The lowest BCUT2D eigenvalue weighted by Crippen LogP contribution is -2.23. The number of carboxylic acid groups (broad SMARTS) is 1. The van der Waals surface area contributed by atoms with Crippen molar-refractivity contribution < 1.29 is 14.7 Å². The smallest absolute Gasteiger partial charge is 0.335 e. The minimum atomic E-state index is -0.987. The van der Waals surface area contributed by atoms with E-state index in [9.17, 15) is 9.59 Å². The molecule has 0 saturated carbocycles. The molecule has 0 aromatic heterocycles. The quantitative estimate of drug-likeness (QED) is 0.548. The molecule has 0 spiro atoms. The molecule has 1 amide bonds. The Bertz CT molecular complexity index is 1210. The first-order valence-electron chi connectivity index (χ1n) is 10.3. The lowest BCUT2D eigenvalue weighted by molar-refractivity contribution is 0.0696. The summed E-state index contributed by atoms with van der Waals surface area (Å²) in [6.45, 7) is 6.22. The van der Waals surface area contributed by atoms with Gasteiger partial charge in [0.2, 0.25) is 0 Å². The Morgan fingerprint density at radius 1 is 0.935 bits per heavy atom. The number of anilines is 1. The number of hydrogen-bond acceptors (Lipinski definition) is 2. The summed E-state index contributed by atoms with van der Waals surface area (Å²) in [4.78, 5) is 24.2. The fourth-order valence-electron chi connectivity index (χ4n) is 4.10. The summed E-state index contributed by atoms with van der Waals surface area (Å²) in [7, 11) is 0. The molecule has 0 heterocycles. The van der Waals surface area contributed by atoms with Gasteiger partial charge in [-0.1, -0.05) is 56.3 Å². The second-order valence-electron chi connectivity index (χ2n) is 8.62. The van der Waals surface area contributed by atoms with E-state index in [1.807, 2.05) is 30.3 Å². The van der Waals surface area contributed by atoms with E-state index in [2.05, 4.69) is 43.4 Å².